The smallest absolute Gasteiger partial charge is 0.343 e. The summed E-state index contributed by atoms with van der Waals surface area (Å²) in [6.07, 6.45) is 5.41. The molecular weight excluding hydrogens is 440 g/mol. The number of rotatable bonds is 12. The molecule has 0 aromatic heterocycles. The molecule has 0 bridgehead atoms. The third-order valence-electron chi connectivity index (χ3n) is 5.82. The van der Waals surface area contributed by atoms with Gasteiger partial charge in [0.25, 0.3) is 0 Å². The van der Waals surface area contributed by atoms with E-state index in [1.54, 1.807) is 60.7 Å². The van der Waals surface area contributed by atoms with E-state index in [0.717, 1.165) is 37.9 Å². The molecule has 35 heavy (non-hydrogen) atoms. The molecule has 5 nitrogen and oxygen atoms in total. The van der Waals surface area contributed by atoms with Crippen molar-refractivity contribution >= 4 is 11.9 Å². The SMILES string of the molecule is CCCCCOc1ccc(OC(=O)c2ccc(OC(=O)c3ccc(CC(C)CC)cc3)cc2)cc1. The second-order valence-electron chi connectivity index (χ2n) is 8.74. The van der Waals surface area contributed by atoms with Crippen LogP contribution < -0.4 is 14.2 Å². The topological polar surface area (TPSA) is 61.8 Å². The van der Waals surface area contributed by atoms with Crippen LogP contribution >= 0.6 is 0 Å². The standard InChI is InChI=1S/C30H34O5/c1-4-6-7-20-33-26-16-18-28(19-17-26)35-30(32)25-12-14-27(15-13-25)34-29(31)24-10-8-23(9-11-24)21-22(3)5-2/h8-19,22H,4-7,20-21H2,1-3H3. The molecule has 5 heteroatoms. The minimum absolute atomic E-state index is 0.360. The van der Waals surface area contributed by atoms with Crippen LogP contribution in [0.2, 0.25) is 0 Å². The fraction of sp³-hybridized carbons (Fsp3) is 0.333. The van der Waals surface area contributed by atoms with Gasteiger partial charge in [0.2, 0.25) is 0 Å². The lowest BCUT2D eigenvalue weighted by molar-refractivity contribution is 0.0730. The van der Waals surface area contributed by atoms with Gasteiger partial charge < -0.3 is 14.2 Å². The fourth-order valence-electron chi connectivity index (χ4n) is 3.46. The van der Waals surface area contributed by atoms with Crippen molar-refractivity contribution in [3.05, 3.63) is 89.5 Å². The van der Waals surface area contributed by atoms with E-state index in [4.69, 9.17) is 14.2 Å². The molecule has 0 aliphatic rings. The molecule has 0 saturated heterocycles. The molecule has 0 heterocycles. The summed E-state index contributed by atoms with van der Waals surface area (Å²) in [5.41, 5.74) is 2.05. The van der Waals surface area contributed by atoms with E-state index in [9.17, 15) is 9.59 Å². The number of benzene rings is 3. The van der Waals surface area contributed by atoms with Gasteiger partial charge >= 0.3 is 11.9 Å². The van der Waals surface area contributed by atoms with E-state index < -0.39 is 11.9 Å². The molecule has 0 N–H and O–H groups in total. The molecule has 184 valence electrons. The van der Waals surface area contributed by atoms with Gasteiger partial charge in [-0.25, -0.2) is 9.59 Å². The minimum Gasteiger partial charge on any atom is -0.494 e. The van der Waals surface area contributed by atoms with Gasteiger partial charge in [-0.15, -0.1) is 0 Å². The van der Waals surface area contributed by atoms with Crippen LogP contribution in [0.4, 0.5) is 0 Å². The van der Waals surface area contributed by atoms with Crippen LogP contribution in [0.3, 0.4) is 0 Å². The predicted octanol–water partition coefficient (Wildman–Crippen LogP) is 7.28. The van der Waals surface area contributed by atoms with E-state index in [2.05, 4.69) is 20.8 Å². The number of hydrogen-bond acceptors (Lipinski definition) is 5. The highest BCUT2D eigenvalue weighted by molar-refractivity contribution is 5.92. The third-order valence-corrected chi connectivity index (χ3v) is 5.82. The van der Waals surface area contributed by atoms with Crippen molar-refractivity contribution in [2.45, 2.75) is 52.9 Å². The first-order valence-electron chi connectivity index (χ1n) is 12.3. The van der Waals surface area contributed by atoms with E-state index in [1.165, 1.54) is 5.56 Å². The van der Waals surface area contributed by atoms with Gasteiger partial charge in [0, 0.05) is 0 Å². The van der Waals surface area contributed by atoms with Crippen molar-refractivity contribution in [3.63, 3.8) is 0 Å². The average molecular weight is 475 g/mol. The summed E-state index contributed by atoms with van der Waals surface area (Å²) in [7, 11) is 0. The largest absolute Gasteiger partial charge is 0.494 e. The summed E-state index contributed by atoms with van der Waals surface area (Å²) in [4.78, 5) is 24.9. The molecule has 1 unspecified atom stereocenters. The van der Waals surface area contributed by atoms with Crippen LogP contribution in [0.1, 0.15) is 72.7 Å². The Labute approximate surface area is 208 Å². The Morgan fingerprint density at radius 3 is 1.69 bits per heavy atom. The summed E-state index contributed by atoms with van der Waals surface area (Å²) in [6, 6.07) is 20.8. The van der Waals surface area contributed by atoms with E-state index in [1.807, 2.05) is 12.1 Å². The average Bonchev–Trinajstić information content (AvgIpc) is 2.88. The summed E-state index contributed by atoms with van der Waals surface area (Å²) >= 11 is 0. The molecule has 0 aliphatic heterocycles. The number of esters is 2. The molecule has 1 atom stereocenters. The van der Waals surface area contributed by atoms with Crippen LogP contribution in [0.15, 0.2) is 72.8 Å². The zero-order valence-electron chi connectivity index (χ0n) is 20.8. The molecule has 0 saturated carbocycles. The molecular formula is C30H34O5. The molecule has 0 spiro atoms. The molecule has 0 fully saturated rings. The van der Waals surface area contributed by atoms with E-state index in [-0.39, 0.29) is 0 Å². The molecule has 3 aromatic carbocycles. The first-order valence-corrected chi connectivity index (χ1v) is 12.3. The lowest BCUT2D eigenvalue weighted by Crippen LogP contribution is -2.10. The van der Waals surface area contributed by atoms with Gasteiger partial charge in [0.1, 0.15) is 17.2 Å². The van der Waals surface area contributed by atoms with Gasteiger partial charge in [0.05, 0.1) is 17.7 Å². The van der Waals surface area contributed by atoms with Crippen molar-refractivity contribution in [1.29, 1.82) is 0 Å². The lowest BCUT2D eigenvalue weighted by atomic mass is 9.98. The Bertz CT molecular complexity index is 1070. The number of hydrogen-bond donors (Lipinski definition) is 0. The Morgan fingerprint density at radius 2 is 1.17 bits per heavy atom. The quantitative estimate of drug-likeness (QED) is 0.157. The van der Waals surface area contributed by atoms with Crippen LogP contribution in [0.25, 0.3) is 0 Å². The first kappa shape index (κ1) is 26.0. The highest BCUT2D eigenvalue weighted by atomic mass is 16.5. The zero-order valence-corrected chi connectivity index (χ0v) is 20.8. The third kappa shape index (κ3) is 8.29. The predicted molar refractivity (Wildman–Crippen MR) is 137 cm³/mol. The molecule has 3 rings (SSSR count). The molecule has 0 aliphatic carbocycles. The molecule has 3 aromatic rings. The molecule has 0 amide bonds. The second kappa shape index (κ2) is 13.3. The summed E-state index contributed by atoms with van der Waals surface area (Å²) in [6.45, 7) is 7.21. The number of unbranched alkanes of at least 4 members (excludes halogenated alkanes) is 2. The van der Waals surface area contributed by atoms with Crippen LogP contribution in [0, 0.1) is 5.92 Å². The zero-order chi connectivity index (χ0) is 25.0. The summed E-state index contributed by atoms with van der Waals surface area (Å²) in [5, 5.41) is 0. The maximum atomic E-state index is 12.5. The van der Waals surface area contributed by atoms with Crippen molar-refractivity contribution < 1.29 is 23.8 Å². The Morgan fingerprint density at radius 1 is 0.686 bits per heavy atom. The fourth-order valence-corrected chi connectivity index (χ4v) is 3.46. The Kier molecular flexibility index (Phi) is 9.91. The van der Waals surface area contributed by atoms with Gasteiger partial charge in [-0.3, -0.25) is 0 Å². The van der Waals surface area contributed by atoms with E-state index >= 15 is 0 Å². The van der Waals surface area contributed by atoms with Crippen LogP contribution in [-0.4, -0.2) is 18.5 Å². The Balaban J connectivity index is 1.51. The lowest BCUT2D eigenvalue weighted by Gasteiger charge is -2.09. The van der Waals surface area contributed by atoms with Crippen LogP contribution in [-0.2, 0) is 6.42 Å². The van der Waals surface area contributed by atoms with Crippen molar-refractivity contribution in [2.75, 3.05) is 6.61 Å². The summed E-state index contributed by atoms with van der Waals surface area (Å²) in [5.74, 6) is 1.22. The van der Waals surface area contributed by atoms with Gasteiger partial charge in [0.15, 0.2) is 0 Å². The monoisotopic (exact) mass is 474 g/mol. The van der Waals surface area contributed by atoms with Crippen molar-refractivity contribution in [2.24, 2.45) is 5.92 Å². The summed E-state index contributed by atoms with van der Waals surface area (Å²) < 4.78 is 16.6. The number of carbonyl (C=O) groups is 2. The van der Waals surface area contributed by atoms with Gasteiger partial charge in [-0.2, -0.15) is 0 Å². The van der Waals surface area contributed by atoms with Gasteiger partial charge in [-0.1, -0.05) is 52.2 Å². The number of ether oxygens (including phenoxy) is 3. The normalized spacial score (nSPS) is 11.5. The van der Waals surface area contributed by atoms with Crippen molar-refractivity contribution in [1.82, 2.24) is 0 Å². The number of carbonyl (C=O) groups excluding carboxylic acids is 2. The van der Waals surface area contributed by atoms with Crippen LogP contribution in [0.5, 0.6) is 17.2 Å². The Hall–Kier alpha value is -3.60. The molecule has 0 radical (unpaired) electrons. The first-order chi connectivity index (χ1) is 17.0. The highest BCUT2D eigenvalue weighted by Gasteiger charge is 2.12. The maximum absolute atomic E-state index is 12.5. The van der Waals surface area contributed by atoms with Gasteiger partial charge in [-0.05, 0) is 85.0 Å². The maximum Gasteiger partial charge on any atom is 0.343 e. The minimum atomic E-state index is -0.489. The van der Waals surface area contributed by atoms with Crippen molar-refractivity contribution in [3.8, 4) is 17.2 Å². The van der Waals surface area contributed by atoms with E-state index in [0.29, 0.717) is 35.2 Å². The highest BCUT2D eigenvalue weighted by Crippen LogP contribution is 2.21. The second-order valence-corrected chi connectivity index (χ2v) is 8.74.